The highest BCUT2D eigenvalue weighted by Crippen LogP contribution is 2.12. The van der Waals surface area contributed by atoms with Crippen molar-refractivity contribution >= 4 is 0 Å². The zero-order chi connectivity index (χ0) is 11.7. The van der Waals surface area contributed by atoms with E-state index in [2.05, 4.69) is 5.16 Å². The van der Waals surface area contributed by atoms with E-state index in [0.717, 1.165) is 22.6 Å². The third kappa shape index (κ3) is 1.91. The van der Waals surface area contributed by atoms with E-state index in [9.17, 15) is 4.79 Å². The highest BCUT2D eigenvalue weighted by Gasteiger charge is 2.09. The summed E-state index contributed by atoms with van der Waals surface area (Å²) in [5.74, 6) is 0.768. The van der Waals surface area contributed by atoms with Crippen LogP contribution >= 0.6 is 0 Å². The molecule has 2 aromatic heterocycles. The molecule has 84 valence electrons. The van der Waals surface area contributed by atoms with Gasteiger partial charge in [-0.3, -0.25) is 4.79 Å². The van der Waals surface area contributed by atoms with E-state index < -0.39 is 0 Å². The molecular formula is C12H14N2O2. The molecule has 0 amide bonds. The van der Waals surface area contributed by atoms with E-state index in [1.807, 2.05) is 26.8 Å². The molecule has 4 nitrogen and oxygen atoms in total. The molecule has 0 bridgehead atoms. The van der Waals surface area contributed by atoms with Gasteiger partial charge in [0.15, 0.2) is 0 Å². The maximum absolute atomic E-state index is 11.7. The number of rotatable bonds is 2. The molecule has 0 atom stereocenters. The van der Waals surface area contributed by atoms with E-state index in [4.69, 9.17) is 4.52 Å². The van der Waals surface area contributed by atoms with Gasteiger partial charge in [-0.1, -0.05) is 5.16 Å². The SMILES string of the molecule is Cc1ccn(Cc2c(C)noc2C)c(=O)c1. The Labute approximate surface area is 93.5 Å². The van der Waals surface area contributed by atoms with E-state index in [0.29, 0.717) is 6.54 Å². The Bertz CT molecular complexity index is 547. The Morgan fingerprint density at radius 2 is 2.12 bits per heavy atom. The lowest BCUT2D eigenvalue weighted by molar-refractivity contribution is 0.392. The van der Waals surface area contributed by atoms with Crippen LogP contribution in [-0.2, 0) is 6.54 Å². The van der Waals surface area contributed by atoms with Crippen molar-refractivity contribution < 1.29 is 4.52 Å². The lowest BCUT2D eigenvalue weighted by Crippen LogP contribution is -2.19. The predicted molar refractivity (Wildman–Crippen MR) is 60.5 cm³/mol. The lowest BCUT2D eigenvalue weighted by atomic mass is 10.2. The van der Waals surface area contributed by atoms with Gasteiger partial charge in [0.05, 0.1) is 12.2 Å². The topological polar surface area (TPSA) is 48.0 Å². The summed E-state index contributed by atoms with van der Waals surface area (Å²) in [6, 6.07) is 3.54. The molecule has 16 heavy (non-hydrogen) atoms. The molecule has 4 heteroatoms. The minimum absolute atomic E-state index is 0.000000000000000222. The van der Waals surface area contributed by atoms with Gasteiger partial charge in [0.1, 0.15) is 5.76 Å². The van der Waals surface area contributed by atoms with Crippen LogP contribution in [0.25, 0.3) is 0 Å². The predicted octanol–water partition coefficient (Wildman–Crippen LogP) is 1.81. The fourth-order valence-corrected chi connectivity index (χ4v) is 1.64. The zero-order valence-electron chi connectivity index (χ0n) is 9.65. The molecule has 2 rings (SSSR count). The summed E-state index contributed by atoms with van der Waals surface area (Å²) in [4.78, 5) is 11.7. The second-order valence-corrected chi connectivity index (χ2v) is 3.97. The van der Waals surface area contributed by atoms with Gasteiger partial charge in [-0.15, -0.1) is 0 Å². The van der Waals surface area contributed by atoms with Gasteiger partial charge >= 0.3 is 0 Å². The number of nitrogens with zero attached hydrogens (tertiary/aromatic N) is 2. The molecule has 0 fully saturated rings. The normalized spacial score (nSPS) is 10.7. The van der Waals surface area contributed by atoms with Crippen LogP contribution in [0.1, 0.15) is 22.6 Å². The molecule has 0 saturated heterocycles. The van der Waals surface area contributed by atoms with Crippen molar-refractivity contribution in [3.05, 3.63) is 51.3 Å². The quantitative estimate of drug-likeness (QED) is 0.772. The van der Waals surface area contributed by atoms with Crippen LogP contribution in [0.2, 0.25) is 0 Å². The van der Waals surface area contributed by atoms with Gasteiger partial charge in [0.2, 0.25) is 0 Å². The fraction of sp³-hybridized carbons (Fsp3) is 0.333. The molecule has 0 unspecified atom stereocenters. The molecule has 0 aliphatic heterocycles. The lowest BCUT2D eigenvalue weighted by Gasteiger charge is -2.05. The van der Waals surface area contributed by atoms with Gasteiger partial charge in [-0.2, -0.15) is 0 Å². The third-order valence-electron chi connectivity index (χ3n) is 2.66. The van der Waals surface area contributed by atoms with Crippen molar-refractivity contribution in [2.75, 3.05) is 0 Å². The van der Waals surface area contributed by atoms with Crippen LogP contribution in [0.3, 0.4) is 0 Å². The molecule has 0 aliphatic carbocycles. The molecule has 2 aromatic rings. The molecular weight excluding hydrogens is 204 g/mol. The standard InChI is InChI=1S/C12H14N2O2/c1-8-4-5-14(12(15)6-8)7-11-9(2)13-16-10(11)3/h4-6H,7H2,1-3H3. The highest BCUT2D eigenvalue weighted by molar-refractivity contribution is 5.21. The molecule has 0 radical (unpaired) electrons. The number of pyridine rings is 1. The first kappa shape index (κ1) is 10.7. The Hall–Kier alpha value is -1.84. The molecule has 0 aliphatic rings. The largest absolute Gasteiger partial charge is 0.361 e. The summed E-state index contributed by atoms with van der Waals surface area (Å²) in [6.45, 7) is 6.15. The van der Waals surface area contributed by atoms with Crippen LogP contribution < -0.4 is 5.56 Å². The monoisotopic (exact) mass is 218 g/mol. The van der Waals surface area contributed by atoms with Crippen molar-refractivity contribution in [2.45, 2.75) is 27.3 Å². The van der Waals surface area contributed by atoms with Gasteiger partial charge in [0.25, 0.3) is 5.56 Å². The minimum atomic E-state index is 0.000000000000000222. The van der Waals surface area contributed by atoms with Crippen molar-refractivity contribution in [3.63, 3.8) is 0 Å². The van der Waals surface area contributed by atoms with Gasteiger partial charge in [-0.25, -0.2) is 0 Å². The summed E-state index contributed by atoms with van der Waals surface area (Å²) in [6.07, 6.45) is 1.80. The molecule has 0 N–H and O–H groups in total. The Morgan fingerprint density at radius 3 is 2.69 bits per heavy atom. The second kappa shape index (κ2) is 3.96. The summed E-state index contributed by atoms with van der Waals surface area (Å²) < 4.78 is 6.72. The first-order valence-corrected chi connectivity index (χ1v) is 5.17. The number of hydrogen-bond acceptors (Lipinski definition) is 3. The first-order chi connectivity index (χ1) is 7.58. The second-order valence-electron chi connectivity index (χ2n) is 3.97. The Morgan fingerprint density at radius 1 is 1.38 bits per heavy atom. The number of aromatic nitrogens is 2. The maximum Gasteiger partial charge on any atom is 0.251 e. The van der Waals surface area contributed by atoms with Crippen LogP contribution in [0.15, 0.2) is 27.6 Å². The van der Waals surface area contributed by atoms with Crippen LogP contribution in [0.4, 0.5) is 0 Å². The number of aryl methyl sites for hydroxylation is 3. The summed E-state index contributed by atoms with van der Waals surface area (Å²) in [5.41, 5.74) is 2.79. The van der Waals surface area contributed by atoms with E-state index in [-0.39, 0.29) is 5.56 Å². The van der Waals surface area contributed by atoms with Crippen molar-refractivity contribution in [3.8, 4) is 0 Å². The average Bonchev–Trinajstić information content (AvgIpc) is 2.53. The van der Waals surface area contributed by atoms with E-state index in [1.54, 1.807) is 16.8 Å². The van der Waals surface area contributed by atoms with Crippen LogP contribution in [0, 0.1) is 20.8 Å². The van der Waals surface area contributed by atoms with Gasteiger partial charge in [-0.05, 0) is 32.4 Å². The van der Waals surface area contributed by atoms with Crippen molar-refractivity contribution in [2.24, 2.45) is 0 Å². The smallest absolute Gasteiger partial charge is 0.251 e. The Balaban J connectivity index is 2.38. The van der Waals surface area contributed by atoms with E-state index in [1.165, 1.54) is 0 Å². The number of hydrogen-bond donors (Lipinski definition) is 0. The van der Waals surface area contributed by atoms with Crippen LogP contribution in [0.5, 0.6) is 0 Å². The molecule has 0 aromatic carbocycles. The Kier molecular flexibility index (Phi) is 2.64. The zero-order valence-corrected chi connectivity index (χ0v) is 9.65. The molecule has 2 heterocycles. The minimum Gasteiger partial charge on any atom is -0.361 e. The van der Waals surface area contributed by atoms with E-state index >= 15 is 0 Å². The highest BCUT2D eigenvalue weighted by atomic mass is 16.5. The summed E-state index contributed by atoms with van der Waals surface area (Å²) in [7, 11) is 0. The van der Waals surface area contributed by atoms with Gasteiger partial charge < -0.3 is 9.09 Å². The third-order valence-corrected chi connectivity index (χ3v) is 2.66. The first-order valence-electron chi connectivity index (χ1n) is 5.17. The van der Waals surface area contributed by atoms with Crippen molar-refractivity contribution in [1.29, 1.82) is 0 Å². The summed E-state index contributed by atoms with van der Waals surface area (Å²) >= 11 is 0. The fourth-order valence-electron chi connectivity index (χ4n) is 1.64. The maximum atomic E-state index is 11.7. The van der Waals surface area contributed by atoms with Crippen LogP contribution in [-0.4, -0.2) is 9.72 Å². The average molecular weight is 218 g/mol. The summed E-state index contributed by atoms with van der Waals surface area (Å²) in [5, 5.41) is 3.87. The van der Waals surface area contributed by atoms with Crippen molar-refractivity contribution in [1.82, 2.24) is 9.72 Å². The van der Waals surface area contributed by atoms with Gasteiger partial charge in [0, 0.05) is 17.8 Å². The molecule has 0 saturated carbocycles. The molecule has 0 spiro atoms.